The standard InChI is InChI=1S/C20H21Cl2N3O5S/c1-31(28,29)25(13-19(26)23-18-12-15(21)4-7-17(18)22)16-5-2-14(3-6-16)20(27)24-8-10-30-11-9-24/h2-7,12H,8-11,13H2,1H3,(H,23,26). The van der Waals surface area contributed by atoms with Crippen molar-refractivity contribution in [1.29, 1.82) is 0 Å². The van der Waals surface area contributed by atoms with E-state index in [1.54, 1.807) is 11.0 Å². The molecule has 0 aliphatic carbocycles. The molecular weight excluding hydrogens is 465 g/mol. The average molecular weight is 486 g/mol. The summed E-state index contributed by atoms with van der Waals surface area (Å²) in [7, 11) is -3.78. The van der Waals surface area contributed by atoms with Gasteiger partial charge in [-0.3, -0.25) is 13.9 Å². The SMILES string of the molecule is CS(=O)(=O)N(CC(=O)Nc1cc(Cl)ccc1Cl)c1ccc(C(=O)N2CCOCC2)cc1. The molecule has 3 rings (SSSR count). The number of anilines is 2. The largest absolute Gasteiger partial charge is 0.378 e. The van der Waals surface area contributed by atoms with Gasteiger partial charge in [0, 0.05) is 23.7 Å². The van der Waals surface area contributed by atoms with Crippen LogP contribution in [-0.2, 0) is 19.6 Å². The van der Waals surface area contributed by atoms with Crippen molar-refractivity contribution in [3.05, 3.63) is 58.1 Å². The van der Waals surface area contributed by atoms with E-state index in [1.165, 1.54) is 36.4 Å². The van der Waals surface area contributed by atoms with Gasteiger partial charge in [0.25, 0.3) is 5.91 Å². The highest BCUT2D eigenvalue weighted by molar-refractivity contribution is 7.92. The third-order valence-electron chi connectivity index (χ3n) is 4.59. The molecule has 166 valence electrons. The Bertz CT molecular complexity index is 1070. The maximum absolute atomic E-state index is 12.6. The predicted octanol–water partition coefficient (Wildman–Crippen LogP) is 2.87. The van der Waals surface area contributed by atoms with Crippen molar-refractivity contribution in [1.82, 2.24) is 4.90 Å². The molecule has 0 spiro atoms. The van der Waals surface area contributed by atoms with E-state index in [1.807, 2.05) is 0 Å². The number of amides is 2. The third-order valence-corrected chi connectivity index (χ3v) is 6.30. The van der Waals surface area contributed by atoms with Gasteiger partial charge in [-0.05, 0) is 42.5 Å². The first-order valence-corrected chi connectivity index (χ1v) is 12.0. The van der Waals surface area contributed by atoms with Crippen LogP contribution in [0, 0.1) is 0 Å². The quantitative estimate of drug-likeness (QED) is 0.678. The second kappa shape index (κ2) is 9.86. The first-order chi connectivity index (χ1) is 14.6. The lowest BCUT2D eigenvalue weighted by Gasteiger charge is -2.27. The fourth-order valence-corrected chi connectivity index (χ4v) is 4.23. The van der Waals surface area contributed by atoms with Crippen molar-refractivity contribution in [3.63, 3.8) is 0 Å². The number of carbonyl (C=O) groups excluding carboxylic acids is 2. The van der Waals surface area contributed by atoms with Gasteiger partial charge < -0.3 is 15.0 Å². The number of morpholine rings is 1. The lowest BCUT2D eigenvalue weighted by Crippen LogP contribution is -2.40. The van der Waals surface area contributed by atoms with E-state index in [2.05, 4.69) is 5.32 Å². The van der Waals surface area contributed by atoms with Crippen molar-refractivity contribution in [2.24, 2.45) is 0 Å². The molecule has 2 amide bonds. The highest BCUT2D eigenvalue weighted by atomic mass is 35.5. The Morgan fingerprint density at radius 1 is 1.10 bits per heavy atom. The summed E-state index contributed by atoms with van der Waals surface area (Å²) in [5.74, 6) is -0.753. The van der Waals surface area contributed by atoms with Crippen molar-refractivity contribution in [3.8, 4) is 0 Å². The van der Waals surface area contributed by atoms with E-state index >= 15 is 0 Å². The maximum atomic E-state index is 12.6. The van der Waals surface area contributed by atoms with Crippen molar-refractivity contribution < 1.29 is 22.7 Å². The highest BCUT2D eigenvalue weighted by Crippen LogP contribution is 2.26. The van der Waals surface area contributed by atoms with E-state index < -0.39 is 22.5 Å². The van der Waals surface area contributed by atoms with Gasteiger partial charge in [0.1, 0.15) is 6.54 Å². The topological polar surface area (TPSA) is 96.0 Å². The molecule has 0 saturated carbocycles. The van der Waals surface area contributed by atoms with E-state index in [0.29, 0.717) is 36.9 Å². The molecule has 1 heterocycles. The number of halogens is 2. The first-order valence-electron chi connectivity index (χ1n) is 9.35. The zero-order valence-electron chi connectivity index (χ0n) is 16.7. The maximum Gasteiger partial charge on any atom is 0.254 e. The van der Waals surface area contributed by atoms with E-state index in [-0.39, 0.29) is 22.3 Å². The Balaban J connectivity index is 1.75. The van der Waals surface area contributed by atoms with Crippen molar-refractivity contribution in [2.75, 3.05) is 48.7 Å². The summed E-state index contributed by atoms with van der Waals surface area (Å²) in [6.07, 6.45) is 0.999. The Morgan fingerprint density at radius 3 is 2.35 bits per heavy atom. The highest BCUT2D eigenvalue weighted by Gasteiger charge is 2.23. The lowest BCUT2D eigenvalue weighted by molar-refractivity contribution is -0.114. The van der Waals surface area contributed by atoms with Gasteiger partial charge in [-0.15, -0.1) is 0 Å². The molecule has 2 aromatic carbocycles. The Labute approximate surface area is 190 Å². The average Bonchev–Trinajstić information content (AvgIpc) is 2.74. The zero-order chi connectivity index (χ0) is 22.6. The van der Waals surface area contributed by atoms with Crippen LogP contribution < -0.4 is 9.62 Å². The minimum atomic E-state index is -3.78. The molecule has 31 heavy (non-hydrogen) atoms. The molecule has 0 radical (unpaired) electrons. The normalized spacial score (nSPS) is 14.2. The molecule has 0 bridgehead atoms. The molecule has 8 nitrogen and oxygen atoms in total. The van der Waals surface area contributed by atoms with Crippen LogP contribution in [0.4, 0.5) is 11.4 Å². The first kappa shape index (κ1) is 23.3. The van der Waals surface area contributed by atoms with Gasteiger partial charge in [-0.1, -0.05) is 23.2 Å². The zero-order valence-corrected chi connectivity index (χ0v) is 19.0. The Hall–Kier alpha value is -2.33. The van der Waals surface area contributed by atoms with Gasteiger partial charge in [0.2, 0.25) is 15.9 Å². The molecule has 1 fully saturated rings. The van der Waals surface area contributed by atoms with Crippen molar-refractivity contribution >= 4 is 56.4 Å². The molecule has 1 N–H and O–H groups in total. The number of hydrogen-bond donors (Lipinski definition) is 1. The summed E-state index contributed by atoms with van der Waals surface area (Å²) >= 11 is 12.0. The van der Waals surface area contributed by atoms with Gasteiger partial charge in [0.15, 0.2) is 0 Å². The van der Waals surface area contributed by atoms with E-state index in [0.717, 1.165) is 10.6 Å². The molecule has 1 aliphatic rings. The van der Waals surface area contributed by atoms with Gasteiger partial charge >= 0.3 is 0 Å². The van der Waals surface area contributed by atoms with Crippen LogP contribution in [0.15, 0.2) is 42.5 Å². The minimum absolute atomic E-state index is 0.158. The number of nitrogens with zero attached hydrogens (tertiary/aromatic N) is 2. The summed E-state index contributed by atoms with van der Waals surface area (Å²) in [6.45, 7) is 1.50. The second-order valence-electron chi connectivity index (χ2n) is 6.89. The number of nitrogens with one attached hydrogen (secondary N) is 1. The molecule has 0 atom stereocenters. The summed E-state index contributed by atoms with van der Waals surface area (Å²) in [5.41, 5.74) is 0.960. The summed E-state index contributed by atoms with van der Waals surface area (Å²) in [5, 5.41) is 3.21. The minimum Gasteiger partial charge on any atom is -0.378 e. The molecule has 1 saturated heterocycles. The molecule has 2 aromatic rings. The van der Waals surface area contributed by atoms with Crippen LogP contribution >= 0.6 is 23.2 Å². The van der Waals surface area contributed by atoms with Crippen LogP contribution in [0.1, 0.15) is 10.4 Å². The summed E-state index contributed by atoms with van der Waals surface area (Å²) < 4.78 is 30.8. The fourth-order valence-electron chi connectivity index (χ4n) is 3.03. The van der Waals surface area contributed by atoms with Crippen LogP contribution in [0.2, 0.25) is 10.0 Å². The van der Waals surface area contributed by atoms with Crippen LogP contribution in [-0.4, -0.2) is 64.2 Å². The molecule has 0 unspecified atom stereocenters. The molecule has 1 aliphatic heterocycles. The number of ether oxygens (including phenoxy) is 1. The number of rotatable bonds is 6. The van der Waals surface area contributed by atoms with Crippen LogP contribution in [0.5, 0.6) is 0 Å². The lowest BCUT2D eigenvalue weighted by atomic mass is 10.1. The Kier molecular flexibility index (Phi) is 7.42. The molecule has 0 aromatic heterocycles. The van der Waals surface area contributed by atoms with Crippen LogP contribution in [0.3, 0.4) is 0 Å². The van der Waals surface area contributed by atoms with Crippen LogP contribution in [0.25, 0.3) is 0 Å². The number of benzene rings is 2. The monoisotopic (exact) mass is 485 g/mol. The van der Waals surface area contributed by atoms with Crippen molar-refractivity contribution in [2.45, 2.75) is 0 Å². The van der Waals surface area contributed by atoms with Gasteiger partial charge in [0.05, 0.1) is 35.9 Å². The fraction of sp³-hybridized carbons (Fsp3) is 0.300. The number of hydrogen-bond acceptors (Lipinski definition) is 5. The predicted molar refractivity (Wildman–Crippen MR) is 120 cm³/mol. The number of carbonyl (C=O) groups is 2. The molecular formula is C20H21Cl2N3O5S. The van der Waals surface area contributed by atoms with E-state index in [9.17, 15) is 18.0 Å². The van der Waals surface area contributed by atoms with Gasteiger partial charge in [-0.2, -0.15) is 0 Å². The Morgan fingerprint density at radius 2 is 1.74 bits per heavy atom. The summed E-state index contributed by atoms with van der Waals surface area (Å²) in [4.78, 5) is 26.7. The molecule has 11 heteroatoms. The third kappa shape index (κ3) is 6.10. The summed E-state index contributed by atoms with van der Waals surface area (Å²) in [6, 6.07) is 10.6. The van der Waals surface area contributed by atoms with E-state index in [4.69, 9.17) is 27.9 Å². The number of sulfonamides is 1. The second-order valence-corrected chi connectivity index (χ2v) is 9.64. The smallest absolute Gasteiger partial charge is 0.254 e. The van der Waals surface area contributed by atoms with Gasteiger partial charge in [-0.25, -0.2) is 8.42 Å².